The number of nitrogens with zero attached hydrogens (tertiary/aromatic N) is 3. The molecule has 0 amide bonds. The highest BCUT2D eigenvalue weighted by Crippen LogP contribution is 2.35. The number of hydrogen-bond acceptors (Lipinski definition) is 7. The van der Waals surface area contributed by atoms with Crippen molar-refractivity contribution in [2.45, 2.75) is 20.0 Å². The summed E-state index contributed by atoms with van der Waals surface area (Å²) in [6, 6.07) is 11.8. The molecule has 0 aliphatic carbocycles. The van der Waals surface area contributed by atoms with Gasteiger partial charge in [-0.2, -0.15) is 18.2 Å². The summed E-state index contributed by atoms with van der Waals surface area (Å²) in [5, 5.41) is 16.2. The molecule has 8 nitrogen and oxygen atoms in total. The molecule has 0 aliphatic rings. The third kappa shape index (κ3) is 6.06. The Morgan fingerprint density at radius 1 is 1.03 bits per heavy atom. The van der Waals surface area contributed by atoms with Crippen molar-refractivity contribution in [3.8, 4) is 5.75 Å². The van der Waals surface area contributed by atoms with Gasteiger partial charge in [0.1, 0.15) is 17.1 Å². The van der Waals surface area contributed by atoms with E-state index >= 15 is 0 Å². The van der Waals surface area contributed by atoms with Gasteiger partial charge in [0.05, 0.1) is 11.5 Å². The van der Waals surface area contributed by atoms with Crippen molar-refractivity contribution in [3.05, 3.63) is 70.4 Å². The van der Waals surface area contributed by atoms with Gasteiger partial charge in [-0.25, -0.2) is 4.98 Å². The van der Waals surface area contributed by atoms with Gasteiger partial charge >= 0.3 is 6.18 Å². The first-order valence-electron chi connectivity index (χ1n) is 9.57. The molecule has 0 fully saturated rings. The molecule has 0 unspecified atom stereocenters. The molecular formula is C21H20F3N5O3. The molecule has 0 radical (unpaired) electrons. The zero-order chi connectivity index (χ0) is 23.3. The third-order valence-electron chi connectivity index (χ3n) is 4.13. The molecule has 11 heteroatoms. The van der Waals surface area contributed by atoms with Crippen LogP contribution in [0.3, 0.4) is 0 Å². The first-order valence-corrected chi connectivity index (χ1v) is 9.57. The van der Waals surface area contributed by atoms with Crippen LogP contribution in [0.4, 0.5) is 42.0 Å². The third-order valence-corrected chi connectivity index (χ3v) is 4.13. The van der Waals surface area contributed by atoms with Crippen molar-refractivity contribution in [2.24, 2.45) is 5.92 Å². The van der Waals surface area contributed by atoms with E-state index in [-0.39, 0.29) is 17.3 Å². The lowest BCUT2D eigenvalue weighted by molar-refractivity contribution is -0.384. The van der Waals surface area contributed by atoms with Crippen LogP contribution in [0, 0.1) is 16.0 Å². The van der Waals surface area contributed by atoms with Crippen LogP contribution in [-0.4, -0.2) is 21.5 Å². The number of aromatic nitrogens is 2. The summed E-state index contributed by atoms with van der Waals surface area (Å²) in [7, 11) is 0. The molecule has 0 saturated carbocycles. The summed E-state index contributed by atoms with van der Waals surface area (Å²) in [5.74, 6) is 0.493. The van der Waals surface area contributed by atoms with Crippen LogP contribution in [0.25, 0.3) is 0 Å². The minimum atomic E-state index is -4.70. The van der Waals surface area contributed by atoms with Gasteiger partial charge in [0.15, 0.2) is 0 Å². The molecule has 168 valence electrons. The molecule has 3 rings (SSSR count). The monoisotopic (exact) mass is 447 g/mol. The number of alkyl halides is 3. The molecule has 1 heterocycles. The van der Waals surface area contributed by atoms with Crippen LogP contribution in [0.2, 0.25) is 0 Å². The standard InChI is InChI=1S/C21H20F3N5O3/c1-13(2)12-32-17-9-5-15(6-10-17)27-20-25-11-18(21(22,23)24)19(28-20)26-14-3-7-16(8-4-14)29(30)31/h3-11,13H,12H2,1-2H3,(H2,25,26,27,28). The minimum absolute atomic E-state index is 0.0572. The van der Waals surface area contributed by atoms with E-state index in [4.69, 9.17) is 4.74 Å². The molecule has 0 spiro atoms. The van der Waals surface area contributed by atoms with Gasteiger partial charge in [0.25, 0.3) is 5.69 Å². The second-order valence-electron chi connectivity index (χ2n) is 7.24. The molecule has 3 aromatic rings. The predicted octanol–water partition coefficient (Wildman–Crippen LogP) is 5.93. The van der Waals surface area contributed by atoms with Crippen molar-refractivity contribution < 1.29 is 22.8 Å². The number of halogens is 3. The van der Waals surface area contributed by atoms with Crippen LogP contribution in [0.5, 0.6) is 5.75 Å². The zero-order valence-corrected chi connectivity index (χ0v) is 17.2. The quantitative estimate of drug-likeness (QED) is 0.326. The van der Waals surface area contributed by atoms with Gasteiger partial charge < -0.3 is 15.4 Å². The fraction of sp³-hybridized carbons (Fsp3) is 0.238. The highest BCUT2D eigenvalue weighted by Gasteiger charge is 2.35. The SMILES string of the molecule is CC(C)COc1ccc(Nc2ncc(C(F)(F)F)c(Nc3ccc([N+](=O)[O-])cc3)n2)cc1. The lowest BCUT2D eigenvalue weighted by atomic mass is 10.2. The Morgan fingerprint density at radius 2 is 1.62 bits per heavy atom. The Balaban J connectivity index is 1.81. The second kappa shape index (κ2) is 9.50. The molecule has 1 aromatic heterocycles. The Morgan fingerprint density at radius 3 is 2.19 bits per heavy atom. The van der Waals surface area contributed by atoms with Gasteiger partial charge in [-0.15, -0.1) is 0 Å². The van der Waals surface area contributed by atoms with Crippen LogP contribution >= 0.6 is 0 Å². The van der Waals surface area contributed by atoms with Crippen molar-refractivity contribution in [3.63, 3.8) is 0 Å². The largest absolute Gasteiger partial charge is 0.493 e. The van der Waals surface area contributed by atoms with E-state index < -0.39 is 22.5 Å². The first kappa shape index (κ1) is 22.8. The highest BCUT2D eigenvalue weighted by molar-refractivity contribution is 5.64. The number of ether oxygens (including phenoxy) is 1. The number of non-ortho nitro benzene ring substituents is 1. The van der Waals surface area contributed by atoms with Crippen molar-refractivity contribution in [1.82, 2.24) is 9.97 Å². The van der Waals surface area contributed by atoms with E-state index in [1.165, 1.54) is 24.3 Å². The summed E-state index contributed by atoms with van der Waals surface area (Å²) in [5.41, 5.74) is -0.489. The van der Waals surface area contributed by atoms with Crippen molar-refractivity contribution >= 4 is 28.8 Å². The van der Waals surface area contributed by atoms with E-state index in [0.29, 0.717) is 30.2 Å². The van der Waals surface area contributed by atoms with Crippen LogP contribution in [-0.2, 0) is 6.18 Å². The lowest BCUT2D eigenvalue weighted by Gasteiger charge is -2.15. The number of nitro benzene ring substituents is 1. The predicted molar refractivity (Wildman–Crippen MR) is 113 cm³/mol. The molecule has 0 bridgehead atoms. The zero-order valence-electron chi connectivity index (χ0n) is 17.2. The Labute approximate surface area is 181 Å². The summed E-state index contributed by atoms with van der Waals surface area (Å²) in [6.45, 7) is 4.62. The fourth-order valence-electron chi connectivity index (χ4n) is 2.57. The number of rotatable bonds is 8. The van der Waals surface area contributed by atoms with Crippen LogP contribution in [0.1, 0.15) is 19.4 Å². The molecule has 32 heavy (non-hydrogen) atoms. The number of hydrogen-bond donors (Lipinski definition) is 2. The topological polar surface area (TPSA) is 102 Å². The van der Waals surface area contributed by atoms with Crippen LogP contribution in [0.15, 0.2) is 54.7 Å². The number of nitro groups is 1. The average molecular weight is 447 g/mol. The van der Waals surface area contributed by atoms with E-state index in [0.717, 1.165) is 0 Å². The summed E-state index contributed by atoms with van der Waals surface area (Å²) in [4.78, 5) is 17.9. The van der Waals surface area contributed by atoms with Gasteiger partial charge in [-0.3, -0.25) is 10.1 Å². The van der Waals surface area contributed by atoms with Gasteiger partial charge in [-0.05, 0) is 42.3 Å². The van der Waals surface area contributed by atoms with E-state index in [1.807, 2.05) is 13.8 Å². The molecule has 2 aromatic carbocycles. The van der Waals surface area contributed by atoms with E-state index in [9.17, 15) is 23.3 Å². The molecule has 2 N–H and O–H groups in total. The number of nitrogens with one attached hydrogen (secondary N) is 2. The lowest BCUT2D eigenvalue weighted by Crippen LogP contribution is -2.12. The maximum absolute atomic E-state index is 13.4. The average Bonchev–Trinajstić information content (AvgIpc) is 2.73. The summed E-state index contributed by atoms with van der Waals surface area (Å²) in [6.07, 6.45) is -4.03. The minimum Gasteiger partial charge on any atom is -0.493 e. The highest BCUT2D eigenvalue weighted by atomic mass is 19.4. The molecular weight excluding hydrogens is 427 g/mol. The summed E-state index contributed by atoms with van der Waals surface area (Å²) >= 11 is 0. The number of benzene rings is 2. The van der Waals surface area contributed by atoms with Crippen LogP contribution < -0.4 is 15.4 Å². The van der Waals surface area contributed by atoms with Crippen molar-refractivity contribution in [2.75, 3.05) is 17.2 Å². The smallest absolute Gasteiger partial charge is 0.421 e. The maximum Gasteiger partial charge on any atom is 0.421 e. The molecule has 0 saturated heterocycles. The maximum atomic E-state index is 13.4. The van der Waals surface area contributed by atoms with Gasteiger partial charge in [0.2, 0.25) is 5.95 Å². The second-order valence-corrected chi connectivity index (χ2v) is 7.24. The van der Waals surface area contributed by atoms with E-state index in [2.05, 4.69) is 20.6 Å². The molecule has 0 aliphatic heterocycles. The van der Waals surface area contributed by atoms with Gasteiger partial charge in [0, 0.05) is 29.7 Å². The Bertz CT molecular complexity index is 1070. The Kier molecular flexibility index (Phi) is 6.76. The first-order chi connectivity index (χ1) is 15.1. The normalized spacial score (nSPS) is 11.3. The molecule has 0 atom stereocenters. The fourth-order valence-corrected chi connectivity index (χ4v) is 2.57. The summed E-state index contributed by atoms with van der Waals surface area (Å²) < 4.78 is 45.8. The van der Waals surface area contributed by atoms with Crippen molar-refractivity contribution in [1.29, 1.82) is 0 Å². The Hall–Kier alpha value is -3.89. The number of anilines is 4. The van der Waals surface area contributed by atoms with Gasteiger partial charge in [-0.1, -0.05) is 13.8 Å². The van der Waals surface area contributed by atoms with E-state index in [1.54, 1.807) is 24.3 Å².